The van der Waals surface area contributed by atoms with E-state index in [2.05, 4.69) is 31.2 Å². The quantitative estimate of drug-likeness (QED) is 0.216. The van der Waals surface area contributed by atoms with E-state index in [0.717, 1.165) is 12.8 Å². The zero-order chi connectivity index (χ0) is 17.7. The zero-order valence-electron chi connectivity index (χ0n) is 16.1. The van der Waals surface area contributed by atoms with Crippen molar-refractivity contribution < 1.29 is 4.79 Å². The molecule has 0 aromatic carbocycles. The fraction of sp³-hybridized carbons (Fsp3) is 0.773. The molecule has 0 aromatic heterocycles. The summed E-state index contributed by atoms with van der Waals surface area (Å²) in [6.07, 6.45) is 28.9. The van der Waals surface area contributed by atoms with Crippen LogP contribution in [0.1, 0.15) is 110 Å². The lowest BCUT2D eigenvalue weighted by Gasteiger charge is -1.98. The van der Waals surface area contributed by atoms with Crippen LogP contribution in [0, 0.1) is 0 Å². The number of rotatable bonds is 18. The molecule has 0 unspecified atom stereocenters. The van der Waals surface area contributed by atoms with Gasteiger partial charge in [0.2, 0.25) is 5.91 Å². The first-order chi connectivity index (χ1) is 11.8. The first kappa shape index (κ1) is 22.9. The molecule has 24 heavy (non-hydrogen) atoms. The Balaban J connectivity index is 3.15. The number of nitrogens with two attached hydrogens (primary N) is 1. The maximum absolute atomic E-state index is 10.6. The molecule has 0 aromatic rings. The Morgan fingerprint density at radius 2 is 1.00 bits per heavy atom. The third-order valence-electron chi connectivity index (χ3n) is 4.34. The molecule has 0 aliphatic carbocycles. The molecule has 140 valence electrons. The van der Waals surface area contributed by atoms with Gasteiger partial charge in [-0.3, -0.25) is 4.79 Å². The maximum atomic E-state index is 10.6. The highest BCUT2D eigenvalue weighted by Gasteiger charge is 1.92. The van der Waals surface area contributed by atoms with Crippen molar-refractivity contribution in [2.75, 3.05) is 0 Å². The first-order valence-electron chi connectivity index (χ1n) is 10.4. The van der Waals surface area contributed by atoms with Crippen molar-refractivity contribution in [1.29, 1.82) is 0 Å². The minimum absolute atomic E-state index is 0.190. The van der Waals surface area contributed by atoms with Crippen LogP contribution in [0.15, 0.2) is 24.3 Å². The molecule has 0 radical (unpaired) electrons. The van der Waals surface area contributed by atoms with Gasteiger partial charge in [0, 0.05) is 6.42 Å². The van der Waals surface area contributed by atoms with Crippen molar-refractivity contribution >= 4 is 5.91 Å². The van der Waals surface area contributed by atoms with E-state index in [9.17, 15) is 4.79 Å². The van der Waals surface area contributed by atoms with Gasteiger partial charge in [-0.1, -0.05) is 76.2 Å². The van der Waals surface area contributed by atoms with Crippen LogP contribution in [0.25, 0.3) is 0 Å². The Kier molecular flexibility index (Phi) is 19.1. The van der Waals surface area contributed by atoms with Gasteiger partial charge in [-0.2, -0.15) is 0 Å². The van der Waals surface area contributed by atoms with Crippen molar-refractivity contribution in [3.8, 4) is 0 Å². The van der Waals surface area contributed by atoms with Crippen molar-refractivity contribution in [1.82, 2.24) is 0 Å². The van der Waals surface area contributed by atoms with Crippen LogP contribution in [-0.4, -0.2) is 5.91 Å². The molecule has 0 aliphatic rings. The smallest absolute Gasteiger partial charge is 0.217 e. The lowest BCUT2D eigenvalue weighted by atomic mass is 10.1. The van der Waals surface area contributed by atoms with Crippen molar-refractivity contribution in [3.05, 3.63) is 24.3 Å². The van der Waals surface area contributed by atoms with Gasteiger partial charge in [-0.15, -0.1) is 0 Å². The fourth-order valence-corrected chi connectivity index (χ4v) is 2.79. The first-order valence-corrected chi connectivity index (χ1v) is 10.4. The standard InChI is InChI=1S/C22H41NO/c1-2-3-4-5-6-7-8-9-10-11-12-13-14-15-16-17-18-19-20-21-22(23)24/h9-10,17-18H,2-8,11-16,19-21H2,1H3,(H2,23,24)/b10-9+,18-17+. The number of amides is 1. The number of unbranched alkanes of at least 4 members (excludes halogenated alkanes) is 12. The fourth-order valence-electron chi connectivity index (χ4n) is 2.79. The van der Waals surface area contributed by atoms with Crippen LogP contribution in [-0.2, 0) is 4.79 Å². The highest BCUT2D eigenvalue weighted by atomic mass is 16.1. The Hall–Kier alpha value is -1.05. The largest absolute Gasteiger partial charge is 0.370 e. The molecule has 0 spiro atoms. The van der Waals surface area contributed by atoms with Crippen LogP contribution < -0.4 is 5.73 Å². The van der Waals surface area contributed by atoms with Gasteiger partial charge in [0.15, 0.2) is 0 Å². The van der Waals surface area contributed by atoms with Crippen LogP contribution in [0.3, 0.4) is 0 Å². The molecule has 2 N–H and O–H groups in total. The molecule has 0 saturated carbocycles. The second-order valence-electron chi connectivity index (χ2n) is 6.85. The van der Waals surface area contributed by atoms with E-state index < -0.39 is 0 Å². The summed E-state index contributed by atoms with van der Waals surface area (Å²) in [6, 6.07) is 0. The summed E-state index contributed by atoms with van der Waals surface area (Å²) in [7, 11) is 0. The zero-order valence-corrected chi connectivity index (χ0v) is 16.1. The van der Waals surface area contributed by atoms with Crippen LogP contribution >= 0.6 is 0 Å². The Morgan fingerprint density at radius 1 is 0.625 bits per heavy atom. The summed E-state index contributed by atoms with van der Waals surface area (Å²) in [6.45, 7) is 2.27. The Bertz CT molecular complexity index is 320. The van der Waals surface area contributed by atoms with Crippen molar-refractivity contribution in [3.63, 3.8) is 0 Å². The number of carbonyl (C=O) groups is 1. The van der Waals surface area contributed by atoms with Crippen LogP contribution in [0.4, 0.5) is 0 Å². The summed E-state index contributed by atoms with van der Waals surface area (Å²) >= 11 is 0. The minimum atomic E-state index is -0.190. The van der Waals surface area contributed by atoms with Gasteiger partial charge in [0.05, 0.1) is 0 Å². The van der Waals surface area contributed by atoms with E-state index >= 15 is 0 Å². The Morgan fingerprint density at radius 3 is 1.42 bits per heavy atom. The molecule has 0 atom stereocenters. The average Bonchev–Trinajstić information content (AvgIpc) is 2.56. The molecule has 1 amide bonds. The van der Waals surface area contributed by atoms with E-state index in [4.69, 9.17) is 5.73 Å². The average molecular weight is 336 g/mol. The topological polar surface area (TPSA) is 43.1 Å². The van der Waals surface area contributed by atoms with Gasteiger partial charge < -0.3 is 5.73 Å². The minimum Gasteiger partial charge on any atom is -0.370 e. The second-order valence-corrected chi connectivity index (χ2v) is 6.85. The van der Waals surface area contributed by atoms with E-state index in [1.807, 2.05) is 0 Å². The highest BCUT2D eigenvalue weighted by Crippen LogP contribution is 2.09. The summed E-state index contributed by atoms with van der Waals surface area (Å²) in [5.74, 6) is -0.190. The van der Waals surface area contributed by atoms with Gasteiger partial charge in [0.25, 0.3) is 0 Å². The SMILES string of the molecule is CCCCCCCC/C=C/CCCCCC/C=C/CCCC(N)=O. The summed E-state index contributed by atoms with van der Waals surface area (Å²) in [4.78, 5) is 10.6. The lowest BCUT2D eigenvalue weighted by Crippen LogP contribution is -2.09. The predicted molar refractivity (Wildman–Crippen MR) is 107 cm³/mol. The molecule has 0 bridgehead atoms. The summed E-state index contributed by atoms with van der Waals surface area (Å²) in [5, 5.41) is 0. The highest BCUT2D eigenvalue weighted by molar-refractivity contribution is 5.73. The van der Waals surface area contributed by atoms with E-state index in [-0.39, 0.29) is 5.91 Å². The van der Waals surface area contributed by atoms with Crippen LogP contribution in [0.5, 0.6) is 0 Å². The maximum Gasteiger partial charge on any atom is 0.217 e. The second kappa shape index (κ2) is 20.0. The number of allylic oxidation sites excluding steroid dienone is 4. The molecule has 0 heterocycles. The molecule has 2 heteroatoms. The van der Waals surface area contributed by atoms with Crippen molar-refractivity contribution in [2.45, 2.75) is 110 Å². The monoisotopic (exact) mass is 335 g/mol. The molecular weight excluding hydrogens is 294 g/mol. The summed E-state index contributed by atoms with van der Waals surface area (Å²) < 4.78 is 0. The third kappa shape index (κ3) is 20.9. The number of hydrogen-bond donors (Lipinski definition) is 1. The number of hydrogen-bond acceptors (Lipinski definition) is 1. The summed E-state index contributed by atoms with van der Waals surface area (Å²) in [5.41, 5.74) is 5.10. The van der Waals surface area contributed by atoms with Crippen molar-refractivity contribution in [2.24, 2.45) is 5.73 Å². The number of primary amides is 1. The molecule has 0 rings (SSSR count). The van der Waals surface area contributed by atoms with E-state index in [1.165, 1.54) is 83.5 Å². The third-order valence-corrected chi connectivity index (χ3v) is 4.34. The lowest BCUT2D eigenvalue weighted by molar-refractivity contribution is -0.118. The van der Waals surface area contributed by atoms with Gasteiger partial charge in [-0.05, 0) is 51.4 Å². The molecular formula is C22H41NO. The molecule has 2 nitrogen and oxygen atoms in total. The van der Waals surface area contributed by atoms with Gasteiger partial charge in [0.1, 0.15) is 0 Å². The molecule has 0 fully saturated rings. The van der Waals surface area contributed by atoms with E-state index in [0.29, 0.717) is 6.42 Å². The normalized spacial score (nSPS) is 11.7. The molecule has 0 aliphatic heterocycles. The van der Waals surface area contributed by atoms with Crippen LogP contribution in [0.2, 0.25) is 0 Å². The Labute approximate surface area is 151 Å². The van der Waals surface area contributed by atoms with E-state index in [1.54, 1.807) is 0 Å². The van der Waals surface area contributed by atoms with Gasteiger partial charge in [-0.25, -0.2) is 0 Å². The predicted octanol–water partition coefficient (Wildman–Crippen LogP) is 6.85. The molecule has 0 saturated heterocycles. The van der Waals surface area contributed by atoms with Gasteiger partial charge >= 0.3 is 0 Å². The number of carbonyl (C=O) groups excluding carboxylic acids is 1.